The summed E-state index contributed by atoms with van der Waals surface area (Å²) >= 11 is 1.41. The van der Waals surface area contributed by atoms with Crippen molar-refractivity contribution in [2.75, 3.05) is 18.4 Å². The minimum atomic E-state index is -2.80. The van der Waals surface area contributed by atoms with E-state index in [0.717, 1.165) is 30.6 Å². The van der Waals surface area contributed by atoms with Crippen LogP contribution in [0.4, 0.5) is 13.8 Å². The van der Waals surface area contributed by atoms with Crippen LogP contribution in [-0.2, 0) is 10.2 Å². The largest absolute Gasteiger partial charge is 0.326 e. The predicted octanol–water partition coefficient (Wildman–Crippen LogP) is 4.90. The number of thiophene rings is 1. The number of nitrogens with one attached hydrogen (secondary N) is 1. The van der Waals surface area contributed by atoms with Crippen LogP contribution in [0.5, 0.6) is 0 Å². The molecule has 2 heterocycles. The van der Waals surface area contributed by atoms with Crippen molar-refractivity contribution in [2.45, 2.75) is 64.2 Å². The summed E-state index contributed by atoms with van der Waals surface area (Å²) in [6.45, 7) is 5.05. The molecule has 2 atom stereocenters. The van der Waals surface area contributed by atoms with Gasteiger partial charge in [0.25, 0.3) is 11.8 Å². The molecule has 2 amide bonds. The molecule has 0 aromatic carbocycles. The fraction of sp³-hybridized carbons (Fsp3) is 0.727. The SMILES string of the molecule is CC(C)(C)c1cc(C(=O)N2CC(F)(F)C2)c(NC(=O)C23CC4CC(CC2C4)C3)s1. The van der Waals surface area contributed by atoms with Gasteiger partial charge in [0.05, 0.1) is 24.1 Å². The summed E-state index contributed by atoms with van der Waals surface area (Å²) in [6, 6.07) is 1.79. The van der Waals surface area contributed by atoms with Crippen molar-refractivity contribution in [1.29, 1.82) is 0 Å². The number of nitrogens with zero attached hydrogens (tertiary/aromatic N) is 1. The van der Waals surface area contributed by atoms with Crippen LogP contribution in [0.25, 0.3) is 0 Å². The van der Waals surface area contributed by atoms with Gasteiger partial charge < -0.3 is 10.2 Å². The van der Waals surface area contributed by atoms with Gasteiger partial charge in [-0.15, -0.1) is 11.3 Å². The van der Waals surface area contributed by atoms with Gasteiger partial charge in [-0.3, -0.25) is 9.59 Å². The van der Waals surface area contributed by atoms with Crippen molar-refractivity contribution in [3.63, 3.8) is 0 Å². The third-order valence-corrected chi connectivity index (χ3v) is 8.98. The second-order valence-corrected chi connectivity index (χ2v) is 11.8. The minimum Gasteiger partial charge on any atom is -0.326 e. The number of carbonyl (C=O) groups is 2. The monoisotopic (exact) mass is 422 g/mol. The van der Waals surface area contributed by atoms with Gasteiger partial charge in [0.2, 0.25) is 5.91 Å². The molecule has 1 N–H and O–H groups in total. The zero-order valence-electron chi connectivity index (χ0n) is 17.2. The molecule has 7 heteroatoms. The smallest absolute Gasteiger partial charge is 0.282 e. The van der Waals surface area contributed by atoms with Gasteiger partial charge in [-0.1, -0.05) is 20.8 Å². The number of anilines is 1. The maximum Gasteiger partial charge on any atom is 0.282 e. The molecule has 2 unspecified atom stereocenters. The number of hydrogen-bond acceptors (Lipinski definition) is 3. The Kier molecular flexibility index (Phi) is 4.04. The van der Waals surface area contributed by atoms with E-state index in [1.165, 1.54) is 22.7 Å². The fourth-order valence-electron chi connectivity index (χ4n) is 6.23. The second-order valence-electron chi connectivity index (χ2n) is 10.8. The van der Waals surface area contributed by atoms with E-state index in [2.05, 4.69) is 5.32 Å². The topological polar surface area (TPSA) is 49.4 Å². The Morgan fingerprint density at radius 2 is 1.76 bits per heavy atom. The first-order chi connectivity index (χ1) is 13.5. The molecule has 1 aromatic heterocycles. The van der Waals surface area contributed by atoms with Crippen LogP contribution in [0.15, 0.2) is 6.07 Å². The Balaban J connectivity index is 1.43. The standard InChI is InChI=1S/C22H28F2N2O2S/c1-20(2,3)16-7-15(18(27)26-10-22(23,24)11-26)17(29-16)25-19(28)21-8-12-4-13(9-21)6-14(21)5-12/h7,12-14H,4-6,8-11H2,1-3H3,(H,25,28). The number of alkyl halides is 2. The summed E-state index contributed by atoms with van der Waals surface area (Å²) < 4.78 is 26.6. The van der Waals surface area contributed by atoms with Gasteiger partial charge in [0, 0.05) is 4.88 Å². The van der Waals surface area contributed by atoms with Crippen LogP contribution in [0.2, 0.25) is 0 Å². The Morgan fingerprint density at radius 3 is 2.31 bits per heavy atom. The molecule has 29 heavy (non-hydrogen) atoms. The number of amides is 2. The Bertz CT molecular complexity index is 866. The lowest BCUT2D eigenvalue weighted by atomic mass is 9.75. The lowest BCUT2D eigenvalue weighted by Gasteiger charge is -2.38. The van der Waals surface area contributed by atoms with Crippen LogP contribution < -0.4 is 5.32 Å². The highest BCUT2D eigenvalue weighted by Crippen LogP contribution is 2.65. The van der Waals surface area contributed by atoms with E-state index >= 15 is 0 Å². The molecule has 1 aromatic rings. The summed E-state index contributed by atoms with van der Waals surface area (Å²) in [6.07, 6.45) is 5.47. The molecule has 4 saturated carbocycles. The number of carbonyl (C=O) groups excluding carboxylic acids is 2. The number of rotatable bonds is 3. The second kappa shape index (κ2) is 6.02. The van der Waals surface area contributed by atoms with Crippen molar-refractivity contribution in [2.24, 2.45) is 23.2 Å². The van der Waals surface area contributed by atoms with E-state index in [9.17, 15) is 18.4 Å². The lowest BCUT2D eigenvalue weighted by molar-refractivity contribution is -0.127. The zero-order valence-corrected chi connectivity index (χ0v) is 18.0. The maximum absolute atomic E-state index is 13.4. The van der Waals surface area contributed by atoms with Crippen LogP contribution in [0, 0.1) is 23.2 Å². The third kappa shape index (κ3) is 3.03. The van der Waals surface area contributed by atoms with Crippen LogP contribution in [-0.4, -0.2) is 35.7 Å². The fourth-order valence-corrected chi connectivity index (χ4v) is 7.34. The lowest BCUT2D eigenvalue weighted by Crippen LogP contribution is -2.58. The van der Waals surface area contributed by atoms with Crippen molar-refractivity contribution in [3.8, 4) is 0 Å². The van der Waals surface area contributed by atoms with E-state index in [0.29, 0.717) is 28.3 Å². The molecule has 4 bridgehead atoms. The number of likely N-dealkylation sites (tertiary alicyclic amines) is 1. The molecule has 5 fully saturated rings. The molecule has 5 aliphatic rings. The van der Waals surface area contributed by atoms with Gasteiger partial charge in [0.15, 0.2) is 0 Å². The van der Waals surface area contributed by atoms with E-state index in [4.69, 9.17) is 0 Å². The zero-order chi connectivity index (χ0) is 20.8. The van der Waals surface area contributed by atoms with Crippen LogP contribution in [0.1, 0.15) is 68.1 Å². The highest BCUT2D eigenvalue weighted by atomic mass is 32.1. The highest BCUT2D eigenvalue weighted by Gasteiger charge is 2.61. The molecule has 1 saturated heterocycles. The molecular weight excluding hydrogens is 394 g/mol. The molecule has 158 valence electrons. The normalized spacial score (nSPS) is 34.4. The molecule has 0 spiro atoms. The van der Waals surface area contributed by atoms with E-state index in [-0.39, 0.29) is 16.7 Å². The first-order valence-electron chi connectivity index (χ1n) is 10.6. The van der Waals surface area contributed by atoms with Crippen molar-refractivity contribution in [3.05, 3.63) is 16.5 Å². The van der Waals surface area contributed by atoms with Gasteiger partial charge in [-0.05, 0) is 61.3 Å². The summed E-state index contributed by atoms with van der Waals surface area (Å²) in [4.78, 5) is 28.5. The number of hydrogen-bond donors (Lipinski definition) is 1. The van der Waals surface area contributed by atoms with E-state index < -0.39 is 24.9 Å². The summed E-state index contributed by atoms with van der Waals surface area (Å²) in [5, 5.41) is 3.63. The van der Waals surface area contributed by atoms with E-state index in [1.807, 2.05) is 20.8 Å². The van der Waals surface area contributed by atoms with Crippen molar-refractivity contribution >= 4 is 28.2 Å². The molecule has 4 nitrogen and oxygen atoms in total. The molecular formula is C22H28F2N2O2S. The first-order valence-corrected chi connectivity index (χ1v) is 11.4. The maximum atomic E-state index is 13.4. The van der Waals surface area contributed by atoms with Gasteiger partial charge in [-0.2, -0.15) is 0 Å². The quantitative estimate of drug-likeness (QED) is 0.753. The first kappa shape index (κ1) is 19.5. The van der Waals surface area contributed by atoms with Crippen molar-refractivity contribution in [1.82, 2.24) is 4.90 Å². The molecule has 0 radical (unpaired) electrons. The van der Waals surface area contributed by atoms with Crippen molar-refractivity contribution < 1.29 is 18.4 Å². The highest BCUT2D eigenvalue weighted by molar-refractivity contribution is 7.16. The van der Waals surface area contributed by atoms with E-state index in [1.54, 1.807) is 6.07 Å². The summed E-state index contributed by atoms with van der Waals surface area (Å²) in [5.74, 6) is -1.39. The van der Waals surface area contributed by atoms with Gasteiger partial charge in [0.1, 0.15) is 5.00 Å². The van der Waals surface area contributed by atoms with Gasteiger partial charge >= 0.3 is 0 Å². The molecule has 1 aliphatic heterocycles. The Labute approximate surface area is 174 Å². The summed E-state index contributed by atoms with van der Waals surface area (Å²) in [7, 11) is 0. The third-order valence-electron chi connectivity index (χ3n) is 7.50. The molecule has 6 rings (SSSR count). The summed E-state index contributed by atoms with van der Waals surface area (Å²) in [5.41, 5.74) is -0.119. The average Bonchev–Trinajstić information content (AvgIpc) is 3.19. The Morgan fingerprint density at radius 1 is 1.14 bits per heavy atom. The number of halogens is 2. The minimum absolute atomic E-state index is 0.0394. The van der Waals surface area contributed by atoms with Crippen LogP contribution in [0.3, 0.4) is 0 Å². The van der Waals surface area contributed by atoms with Gasteiger partial charge in [-0.25, -0.2) is 8.78 Å². The predicted molar refractivity (Wildman–Crippen MR) is 108 cm³/mol. The van der Waals surface area contributed by atoms with Crippen LogP contribution >= 0.6 is 11.3 Å². The average molecular weight is 423 g/mol. The Hall–Kier alpha value is -1.50. The molecule has 4 aliphatic carbocycles.